The molecule has 2 aliphatic rings. The molecule has 4 nitrogen and oxygen atoms in total. The zero-order valence-corrected chi connectivity index (χ0v) is 13.7. The Morgan fingerprint density at radius 2 is 1.87 bits per heavy atom. The Morgan fingerprint density at radius 1 is 1.17 bits per heavy atom. The Hall–Kier alpha value is -0.830. The van der Waals surface area contributed by atoms with E-state index in [1.54, 1.807) is 0 Å². The zero-order valence-electron chi connectivity index (χ0n) is 12.1. The summed E-state index contributed by atoms with van der Waals surface area (Å²) in [5.41, 5.74) is -0.957. The first-order valence-electron chi connectivity index (χ1n) is 7.32. The van der Waals surface area contributed by atoms with E-state index in [0.29, 0.717) is 19.0 Å². The molecular weight excluding hydrogens is 353 g/mol. The van der Waals surface area contributed by atoms with Gasteiger partial charge in [-0.25, -0.2) is 8.42 Å². The molecule has 0 aliphatic carbocycles. The van der Waals surface area contributed by atoms with Gasteiger partial charge in [0.1, 0.15) is 4.90 Å². The van der Waals surface area contributed by atoms with Crippen molar-refractivity contribution in [2.75, 3.05) is 13.1 Å². The monoisotopic (exact) mass is 368 g/mol. The van der Waals surface area contributed by atoms with Crippen LogP contribution >= 0.6 is 11.6 Å². The fourth-order valence-electron chi connectivity index (χ4n) is 3.33. The standard InChI is InChI=1S/C14H16ClF3N2O2S/c15-12-7-9(14(16,17)18)1-4-13(12)23(21,22)20-10-2-3-11(20)8-19-6-5-10/h1,4,7,10-11,19H,2-3,5-6,8H2. The quantitative estimate of drug-likeness (QED) is 0.873. The summed E-state index contributed by atoms with van der Waals surface area (Å²) in [4.78, 5) is -0.258. The first-order valence-corrected chi connectivity index (χ1v) is 9.14. The molecule has 2 fully saturated rings. The first kappa shape index (κ1) is 17.0. The largest absolute Gasteiger partial charge is 0.416 e. The minimum absolute atomic E-state index is 0.127. The Morgan fingerprint density at radius 3 is 2.52 bits per heavy atom. The molecule has 2 heterocycles. The molecule has 23 heavy (non-hydrogen) atoms. The number of alkyl halides is 3. The molecule has 2 aliphatic heterocycles. The van der Waals surface area contributed by atoms with Crippen molar-refractivity contribution in [3.63, 3.8) is 0 Å². The predicted molar refractivity (Wildman–Crippen MR) is 79.8 cm³/mol. The molecule has 2 bridgehead atoms. The van der Waals surface area contributed by atoms with Crippen molar-refractivity contribution < 1.29 is 21.6 Å². The summed E-state index contributed by atoms with van der Waals surface area (Å²) in [5, 5.41) is 2.80. The third kappa shape index (κ3) is 3.09. The molecule has 0 amide bonds. The van der Waals surface area contributed by atoms with E-state index in [4.69, 9.17) is 11.6 Å². The maximum Gasteiger partial charge on any atom is 0.416 e. The molecule has 0 saturated carbocycles. The normalized spacial score (nSPS) is 26.3. The van der Waals surface area contributed by atoms with Crippen LogP contribution in [0.15, 0.2) is 23.1 Å². The summed E-state index contributed by atoms with van der Waals surface area (Å²) >= 11 is 5.87. The van der Waals surface area contributed by atoms with E-state index in [0.717, 1.165) is 31.5 Å². The molecule has 1 aromatic carbocycles. The third-order valence-corrected chi connectivity index (χ3v) is 6.89. The summed E-state index contributed by atoms with van der Waals surface area (Å²) in [6.45, 7) is 1.28. The average molecular weight is 369 g/mol. The maximum absolute atomic E-state index is 12.9. The van der Waals surface area contributed by atoms with Crippen LogP contribution in [-0.2, 0) is 16.2 Å². The van der Waals surface area contributed by atoms with Crippen LogP contribution in [0.3, 0.4) is 0 Å². The van der Waals surface area contributed by atoms with E-state index < -0.39 is 26.8 Å². The van der Waals surface area contributed by atoms with Crippen LogP contribution in [-0.4, -0.2) is 37.9 Å². The van der Waals surface area contributed by atoms with E-state index in [-0.39, 0.29) is 17.0 Å². The molecule has 2 saturated heterocycles. The van der Waals surface area contributed by atoms with E-state index in [9.17, 15) is 21.6 Å². The number of rotatable bonds is 2. The first-order chi connectivity index (χ1) is 10.7. The molecule has 1 aromatic rings. The molecule has 0 aromatic heterocycles. The fraction of sp³-hybridized carbons (Fsp3) is 0.571. The second-order valence-corrected chi connectivity index (χ2v) is 8.07. The minimum Gasteiger partial charge on any atom is -0.315 e. The highest BCUT2D eigenvalue weighted by Crippen LogP contribution is 2.38. The van der Waals surface area contributed by atoms with Crippen molar-refractivity contribution in [2.24, 2.45) is 0 Å². The van der Waals surface area contributed by atoms with Gasteiger partial charge in [0.15, 0.2) is 0 Å². The van der Waals surface area contributed by atoms with Crippen LogP contribution in [0.2, 0.25) is 5.02 Å². The van der Waals surface area contributed by atoms with Crippen molar-refractivity contribution in [1.29, 1.82) is 0 Å². The smallest absolute Gasteiger partial charge is 0.315 e. The molecular formula is C14H16ClF3N2O2S. The van der Waals surface area contributed by atoms with Crippen molar-refractivity contribution >= 4 is 21.6 Å². The van der Waals surface area contributed by atoms with Crippen LogP contribution in [0.4, 0.5) is 13.2 Å². The molecule has 0 radical (unpaired) electrons. The maximum atomic E-state index is 12.9. The third-order valence-electron chi connectivity index (χ3n) is 4.40. The van der Waals surface area contributed by atoms with E-state index >= 15 is 0 Å². The van der Waals surface area contributed by atoms with Crippen LogP contribution in [0.1, 0.15) is 24.8 Å². The van der Waals surface area contributed by atoms with E-state index in [2.05, 4.69) is 5.32 Å². The van der Waals surface area contributed by atoms with Gasteiger partial charge in [0, 0.05) is 18.6 Å². The van der Waals surface area contributed by atoms with Gasteiger partial charge < -0.3 is 5.32 Å². The Labute approximate surface area is 137 Å². The van der Waals surface area contributed by atoms with Crippen LogP contribution < -0.4 is 5.32 Å². The van der Waals surface area contributed by atoms with Crippen LogP contribution in [0, 0.1) is 0 Å². The number of hydrogen-bond donors (Lipinski definition) is 1. The number of fused-ring (bicyclic) bond motifs is 2. The predicted octanol–water partition coefficient (Wildman–Crippen LogP) is 2.87. The second kappa shape index (κ2) is 5.91. The van der Waals surface area contributed by atoms with Crippen LogP contribution in [0.25, 0.3) is 0 Å². The molecule has 9 heteroatoms. The lowest BCUT2D eigenvalue weighted by Gasteiger charge is -2.27. The van der Waals surface area contributed by atoms with Crippen molar-refractivity contribution in [2.45, 2.75) is 42.4 Å². The highest BCUT2D eigenvalue weighted by atomic mass is 35.5. The molecule has 2 atom stereocenters. The molecule has 128 valence electrons. The van der Waals surface area contributed by atoms with Gasteiger partial charge in [0.25, 0.3) is 0 Å². The van der Waals surface area contributed by atoms with Crippen molar-refractivity contribution in [1.82, 2.24) is 9.62 Å². The highest BCUT2D eigenvalue weighted by Gasteiger charge is 2.44. The van der Waals surface area contributed by atoms with Gasteiger partial charge in [-0.3, -0.25) is 0 Å². The fourth-order valence-corrected chi connectivity index (χ4v) is 5.75. The number of sulfonamides is 1. The molecule has 0 spiro atoms. The highest BCUT2D eigenvalue weighted by molar-refractivity contribution is 7.89. The number of hydrogen-bond acceptors (Lipinski definition) is 3. The number of benzene rings is 1. The molecule has 1 N–H and O–H groups in total. The van der Waals surface area contributed by atoms with Gasteiger partial charge in [-0.2, -0.15) is 17.5 Å². The summed E-state index contributed by atoms with van der Waals surface area (Å²) in [5.74, 6) is 0. The summed E-state index contributed by atoms with van der Waals surface area (Å²) < 4.78 is 65.4. The van der Waals surface area contributed by atoms with Crippen molar-refractivity contribution in [3.8, 4) is 0 Å². The lowest BCUT2D eigenvalue weighted by atomic mass is 10.1. The van der Waals surface area contributed by atoms with E-state index in [1.165, 1.54) is 4.31 Å². The molecule has 3 rings (SSSR count). The lowest BCUT2D eigenvalue weighted by molar-refractivity contribution is -0.137. The van der Waals surface area contributed by atoms with Gasteiger partial charge in [0.05, 0.1) is 10.6 Å². The minimum atomic E-state index is -4.56. The topological polar surface area (TPSA) is 49.4 Å². The number of nitrogens with one attached hydrogen (secondary N) is 1. The average Bonchev–Trinajstić information content (AvgIpc) is 2.71. The Bertz CT molecular complexity index is 694. The number of halogens is 4. The summed E-state index contributed by atoms with van der Waals surface area (Å²) in [6.07, 6.45) is -2.36. The van der Waals surface area contributed by atoms with Gasteiger partial charge in [-0.15, -0.1) is 0 Å². The van der Waals surface area contributed by atoms with Gasteiger partial charge in [-0.1, -0.05) is 11.6 Å². The Kier molecular flexibility index (Phi) is 4.37. The summed E-state index contributed by atoms with van der Waals surface area (Å²) in [6, 6.07) is 2.09. The number of nitrogens with zero attached hydrogens (tertiary/aromatic N) is 1. The molecule has 2 unspecified atom stereocenters. The summed E-state index contributed by atoms with van der Waals surface area (Å²) in [7, 11) is -3.92. The van der Waals surface area contributed by atoms with Gasteiger partial charge in [-0.05, 0) is 44.0 Å². The zero-order chi connectivity index (χ0) is 16.8. The van der Waals surface area contributed by atoms with Gasteiger partial charge in [0.2, 0.25) is 10.0 Å². The van der Waals surface area contributed by atoms with E-state index in [1.807, 2.05) is 0 Å². The lowest BCUT2D eigenvalue weighted by Crippen LogP contribution is -2.42. The second-order valence-electron chi connectivity index (χ2n) is 5.86. The van der Waals surface area contributed by atoms with Gasteiger partial charge >= 0.3 is 6.18 Å². The van der Waals surface area contributed by atoms with Crippen LogP contribution in [0.5, 0.6) is 0 Å². The van der Waals surface area contributed by atoms with Crippen molar-refractivity contribution in [3.05, 3.63) is 28.8 Å². The SMILES string of the molecule is O=S(=O)(c1ccc(C(F)(F)F)cc1Cl)N1C2CCNCC1CC2. The Balaban J connectivity index is 2.00.